The lowest BCUT2D eigenvalue weighted by atomic mass is 9.99. The Morgan fingerprint density at radius 3 is 2.70 bits per heavy atom. The number of ether oxygens (including phenoxy) is 1. The second-order valence-electron chi connectivity index (χ2n) is 7.00. The second kappa shape index (κ2) is 5.60. The molecule has 0 bridgehead atoms. The Morgan fingerprint density at radius 2 is 1.96 bits per heavy atom. The highest BCUT2D eigenvalue weighted by molar-refractivity contribution is 6.05. The first-order chi connectivity index (χ1) is 12.9. The standard InChI is InChI=1S/C20H15F3N2O2/c21-20(22,23)11-2-4-16-13(7-11)14-8-18(26)24-17-3-1-10(5-12-9-27-12)6-15(17)19(14)25-16/h1-4,6-7,12,25H,5,8-9H2,(H,24,26). The van der Waals surface area contributed by atoms with E-state index in [9.17, 15) is 18.0 Å². The number of hydrogen-bond acceptors (Lipinski definition) is 2. The van der Waals surface area contributed by atoms with Crippen molar-refractivity contribution in [3.8, 4) is 11.3 Å². The Balaban J connectivity index is 1.71. The summed E-state index contributed by atoms with van der Waals surface area (Å²) in [4.78, 5) is 15.6. The predicted molar refractivity (Wildman–Crippen MR) is 94.5 cm³/mol. The van der Waals surface area contributed by atoms with E-state index in [2.05, 4.69) is 10.3 Å². The van der Waals surface area contributed by atoms with Crippen LogP contribution in [0.3, 0.4) is 0 Å². The summed E-state index contributed by atoms with van der Waals surface area (Å²) in [5.74, 6) is -0.244. The summed E-state index contributed by atoms with van der Waals surface area (Å²) >= 11 is 0. The van der Waals surface area contributed by atoms with Crippen molar-refractivity contribution in [2.75, 3.05) is 11.9 Å². The number of anilines is 1. The van der Waals surface area contributed by atoms with Crippen LogP contribution in [0.15, 0.2) is 36.4 Å². The van der Waals surface area contributed by atoms with Gasteiger partial charge in [-0.2, -0.15) is 13.2 Å². The zero-order chi connectivity index (χ0) is 18.8. The molecule has 1 aromatic heterocycles. The smallest absolute Gasteiger partial charge is 0.373 e. The molecule has 2 N–H and O–H groups in total. The van der Waals surface area contributed by atoms with Crippen molar-refractivity contribution >= 4 is 22.5 Å². The summed E-state index contributed by atoms with van der Waals surface area (Å²) < 4.78 is 44.7. The Labute approximate surface area is 152 Å². The molecule has 0 saturated carbocycles. The highest BCUT2D eigenvalue weighted by atomic mass is 19.4. The number of H-pyrrole nitrogens is 1. The van der Waals surface area contributed by atoms with Crippen molar-refractivity contribution in [1.82, 2.24) is 4.98 Å². The van der Waals surface area contributed by atoms with Gasteiger partial charge < -0.3 is 15.0 Å². The number of carbonyl (C=O) groups excluding carboxylic acids is 1. The first kappa shape index (κ1) is 16.4. The molecule has 4 nitrogen and oxygen atoms in total. The van der Waals surface area contributed by atoms with Gasteiger partial charge in [-0.15, -0.1) is 0 Å². The minimum atomic E-state index is -4.43. The van der Waals surface area contributed by atoms with E-state index in [0.29, 0.717) is 27.8 Å². The summed E-state index contributed by atoms with van der Waals surface area (Å²) in [7, 11) is 0. The van der Waals surface area contributed by atoms with Gasteiger partial charge >= 0.3 is 6.18 Å². The molecular weight excluding hydrogens is 357 g/mol. The van der Waals surface area contributed by atoms with Crippen molar-refractivity contribution in [2.45, 2.75) is 25.1 Å². The number of amides is 1. The molecule has 2 aliphatic rings. The number of fused-ring (bicyclic) bond motifs is 5. The molecule has 1 fully saturated rings. The highest BCUT2D eigenvalue weighted by Crippen LogP contribution is 2.40. The van der Waals surface area contributed by atoms with Crippen LogP contribution in [-0.4, -0.2) is 23.6 Å². The molecule has 0 spiro atoms. The number of nitrogens with one attached hydrogen (secondary N) is 2. The second-order valence-corrected chi connectivity index (χ2v) is 7.00. The maximum atomic E-state index is 13.1. The average Bonchev–Trinajstić information content (AvgIpc) is 3.37. The van der Waals surface area contributed by atoms with Gasteiger partial charge in [0.1, 0.15) is 0 Å². The Kier molecular flexibility index (Phi) is 3.40. The zero-order valence-corrected chi connectivity index (χ0v) is 14.1. The van der Waals surface area contributed by atoms with E-state index in [4.69, 9.17) is 4.74 Å². The predicted octanol–water partition coefficient (Wildman–Crippen LogP) is 4.29. The summed E-state index contributed by atoms with van der Waals surface area (Å²) in [5.41, 5.74) is 3.66. The monoisotopic (exact) mass is 372 g/mol. The number of benzene rings is 2. The van der Waals surface area contributed by atoms with E-state index in [1.165, 1.54) is 6.07 Å². The first-order valence-electron chi connectivity index (χ1n) is 8.65. The highest BCUT2D eigenvalue weighted by Gasteiger charge is 2.32. The molecule has 5 rings (SSSR count). The molecule has 3 aromatic rings. The Hall–Kier alpha value is -2.80. The molecule has 1 amide bonds. The molecule has 7 heteroatoms. The molecule has 1 saturated heterocycles. The lowest BCUT2D eigenvalue weighted by Gasteiger charge is -2.09. The van der Waals surface area contributed by atoms with Gasteiger partial charge in [0.05, 0.1) is 36.1 Å². The fraction of sp³-hybridized carbons (Fsp3) is 0.250. The van der Waals surface area contributed by atoms with Crippen molar-refractivity contribution in [3.05, 3.63) is 53.1 Å². The largest absolute Gasteiger partial charge is 0.416 e. The van der Waals surface area contributed by atoms with Crippen molar-refractivity contribution in [3.63, 3.8) is 0 Å². The van der Waals surface area contributed by atoms with Crippen molar-refractivity contribution in [2.24, 2.45) is 0 Å². The normalized spacial score (nSPS) is 18.6. The van der Waals surface area contributed by atoms with Crippen LogP contribution in [0.5, 0.6) is 0 Å². The molecule has 0 aliphatic carbocycles. The zero-order valence-electron chi connectivity index (χ0n) is 14.1. The molecule has 2 aromatic carbocycles. The molecule has 2 aliphatic heterocycles. The summed E-state index contributed by atoms with van der Waals surface area (Å²) in [6.45, 7) is 0.742. The Bertz CT molecular complexity index is 1080. The van der Waals surface area contributed by atoms with Crippen LogP contribution in [0, 0.1) is 0 Å². The van der Waals surface area contributed by atoms with Gasteiger partial charge in [0.25, 0.3) is 0 Å². The van der Waals surface area contributed by atoms with Crippen molar-refractivity contribution < 1.29 is 22.7 Å². The van der Waals surface area contributed by atoms with Crippen LogP contribution in [0.25, 0.3) is 22.2 Å². The van der Waals surface area contributed by atoms with Gasteiger partial charge in [0.15, 0.2) is 0 Å². The molecule has 138 valence electrons. The van der Waals surface area contributed by atoms with Gasteiger partial charge in [-0.1, -0.05) is 6.07 Å². The SMILES string of the molecule is O=C1Cc2c([nH]c3ccc(C(F)(F)F)cc23)-c2cc(CC3CO3)ccc2N1. The Morgan fingerprint density at radius 1 is 1.15 bits per heavy atom. The van der Waals surface area contributed by atoms with Gasteiger partial charge in [-0.3, -0.25) is 4.79 Å². The third-order valence-corrected chi connectivity index (χ3v) is 5.06. The van der Waals surface area contributed by atoms with Crippen LogP contribution in [0.4, 0.5) is 18.9 Å². The molecule has 1 unspecified atom stereocenters. The molecule has 27 heavy (non-hydrogen) atoms. The van der Waals surface area contributed by atoms with Crippen LogP contribution < -0.4 is 5.32 Å². The van der Waals surface area contributed by atoms with Crippen molar-refractivity contribution in [1.29, 1.82) is 0 Å². The number of epoxide rings is 1. The topological polar surface area (TPSA) is 57.4 Å². The maximum absolute atomic E-state index is 13.1. The first-order valence-corrected chi connectivity index (χ1v) is 8.65. The van der Waals surface area contributed by atoms with E-state index in [0.717, 1.165) is 36.3 Å². The number of hydrogen-bond donors (Lipinski definition) is 2. The number of aromatic nitrogens is 1. The van der Waals surface area contributed by atoms with Gasteiger partial charge in [0.2, 0.25) is 5.91 Å². The molecule has 1 atom stereocenters. The van der Waals surface area contributed by atoms with E-state index < -0.39 is 11.7 Å². The summed E-state index contributed by atoms with van der Waals surface area (Å²) in [5, 5.41) is 3.28. The summed E-state index contributed by atoms with van der Waals surface area (Å²) in [6.07, 6.45) is -3.41. The molecule has 0 radical (unpaired) electrons. The number of rotatable bonds is 2. The van der Waals surface area contributed by atoms with E-state index in [1.807, 2.05) is 18.2 Å². The minimum absolute atomic E-state index is 0.0202. The number of carbonyl (C=O) groups is 1. The fourth-order valence-corrected chi connectivity index (χ4v) is 3.68. The fourth-order valence-electron chi connectivity index (χ4n) is 3.68. The van der Waals surface area contributed by atoms with E-state index in [1.54, 1.807) is 0 Å². The number of aromatic amines is 1. The van der Waals surface area contributed by atoms with Crippen LogP contribution in [0.2, 0.25) is 0 Å². The van der Waals surface area contributed by atoms with Gasteiger partial charge in [0, 0.05) is 22.9 Å². The van der Waals surface area contributed by atoms with Crippen LogP contribution >= 0.6 is 0 Å². The van der Waals surface area contributed by atoms with Gasteiger partial charge in [-0.25, -0.2) is 0 Å². The number of halogens is 3. The molecule has 3 heterocycles. The minimum Gasteiger partial charge on any atom is -0.373 e. The van der Waals surface area contributed by atoms with Gasteiger partial charge in [-0.05, 0) is 41.5 Å². The summed E-state index contributed by atoms with van der Waals surface area (Å²) in [6, 6.07) is 9.35. The average molecular weight is 372 g/mol. The van der Waals surface area contributed by atoms with E-state index in [-0.39, 0.29) is 18.4 Å². The third-order valence-electron chi connectivity index (χ3n) is 5.06. The quantitative estimate of drug-likeness (QED) is 0.660. The maximum Gasteiger partial charge on any atom is 0.416 e. The third kappa shape index (κ3) is 2.88. The molecular formula is C20H15F3N2O2. The van der Waals surface area contributed by atoms with Crippen LogP contribution in [0.1, 0.15) is 16.7 Å². The van der Waals surface area contributed by atoms with Crippen LogP contribution in [-0.2, 0) is 28.5 Å². The lowest BCUT2D eigenvalue weighted by Crippen LogP contribution is -2.12. The lowest BCUT2D eigenvalue weighted by molar-refractivity contribution is -0.137. The van der Waals surface area contributed by atoms with E-state index >= 15 is 0 Å². The number of alkyl halides is 3.